The SMILES string of the molecule is CCOC(=O)c1c(-c2cc(C)ccc2OC)csc1NC(=O)c1ccccc1C. The van der Waals surface area contributed by atoms with Crippen molar-refractivity contribution in [3.05, 3.63) is 70.1 Å². The first-order chi connectivity index (χ1) is 14.0. The number of anilines is 1. The molecule has 1 aromatic heterocycles. The third kappa shape index (κ3) is 4.32. The number of hydrogen-bond acceptors (Lipinski definition) is 5. The number of hydrogen-bond donors (Lipinski definition) is 1. The Morgan fingerprint density at radius 2 is 1.83 bits per heavy atom. The summed E-state index contributed by atoms with van der Waals surface area (Å²) >= 11 is 1.29. The molecular weight excluding hydrogens is 386 g/mol. The average Bonchev–Trinajstić information content (AvgIpc) is 3.11. The van der Waals surface area contributed by atoms with Crippen LogP contribution in [0.15, 0.2) is 47.8 Å². The van der Waals surface area contributed by atoms with Crippen LogP contribution in [0.4, 0.5) is 5.00 Å². The van der Waals surface area contributed by atoms with Gasteiger partial charge in [0.25, 0.3) is 5.91 Å². The van der Waals surface area contributed by atoms with Gasteiger partial charge in [-0.2, -0.15) is 0 Å². The number of thiophene rings is 1. The van der Waals surface area contributed by atoms with Crippen LogP contribution in [0.3, 0.4) is 0 Å². The highest BCUT2D eigenvalue weighted by Gasteiger charge is 2.25. The van der Waals surface area contributed by atoms with Crippen LogP contribution in [-0.4, -0.2) is 25.6 Å². The van der Waals surface area contributed by atoms with Crippen molar-refractivity contribution >= 4 is 28.2 Å². The molecule has 0 aliphatic rings. The van der Waals surface area contributed by atoms with E-state index >= 15 is 0 Å². The molecule has 29 heavy (non-hydrogen) atoms. The van der Waals surface area contributed by atoms with Crippen LogP contribution < -0.4 is 10.1 Å². The second kappa shape index (κ2) is 8.92. The van der Waals surface area contributed by atoms with Gasteiger partial charge in [0, 0.05) is 22.1 Å². The van der Waals surface area contributed by atoms with Gasteiger partial charge in [-0.3, -0.25) is 4.79 Å². The van der Waals surface area contributed by atoms with Gasteiger partial charge in [-0.1, -0.05) is 29.8 Å². The molecular formula is C23H23NO4S. The largest absolute Gasteiger partial charge is 0.496 e. The smallest absolute Gasteiger partial charge is 0.341 e. The molecule has 150 valence electrons. The molecule has 0 unspecified atom stereocenters. The Morgan fingerprint density at radius 3 is 2.52 bits per heavy atom. The summed E-state index contributed by atoms with van der Waals surface area (Å²) in [6.07, 6.45) is 0. The van der Waals surface area contributed by atoms with Gasteiger partial charge in [-0.25, -0.2) is 4.79 Å². The van der Waals surface area contributed by atoms with Crippen molar-refractivity contribution in [1.29, 1.82) is 0 Å². The van der Waals surface area contributed by atoms with E-state index in [1.165, 1.54) is 11.3 Å². The summed E-state index contributed by atoms with van der Waals surface area (Å²) in [5.41, 5.74) is 4.25. The zero-order chi connectivity index (χ0) is 21.0. The van der Waals surface area contributed by atoms with E-state index in [-0.39, 0.29) is 12.5 Å². The van der Waals surface area contributed by atoms with Gasteiger partial charge in [0.2, 0.25) is 0 Å². The minimum Gasteiger partial charge on any atom is -0.496 e. The van der Waals surface area contributed by atoms with Crippen LogP contribution >= 0.6 is 11.3 Å². The summed E-state index contributed by atoms with van der Waals surface area (Å²) in [5.74, 6) is -0.0959. The molecule has 0 aliphatic carbocycles. The standard InChI is InChI=1S/C23H23NO4S/c1-5-28-23(26)20-18(17-12-14(2)10-11-19(17)27-4)13-29-22(20)24-21(25)16-9-7-6-8-15(16)3/h6-13H,5H2,1-4H3,(H,24,25). The van der Waals surface area contributed by atoms with Crippen molar-refractivity contribution in [2.45, 2.75) is 20.8 Å². The number of methoxy groups -OCH3 is 1. The molecule has 0 atom stereocenters. The maximum absolute atomic E-state index is 12.8. The lowest BCUT2D eigenvalue weighted by molar-refractivity contribution is 0.0529. The molecule has 0 saturated carbocycles. The topological polar surface area (TPSA) is 64.6 Å². The third-order valence-corrected chi connectivity index (χ3v) is 5.43. The van der Waals surface area contributed by atoms with Crippen molar-refractivity contribution < 1.29 is 19.1 Å². The van der Waals surface area contributed by atoms with Crippen LogP contribution in [0.2, 0.25) is 0 Å². The predicted molar refractivity (Wildman–Crippen MR) is 116 cm³/mol. The Balaban J connectivity index is 2.08. The van der Waals surface area contributed by atoms with E-state index in [2.05, 4.69) is 5.32 Å². The Hall–Kier alpha value is -3.12. The molecule has 1 heterocycles. The molecule has 2 aromatic carbocycles. The quantitative estimate of drug-likeness (QED) is 0.548. The first-order valence-corrected chi connectivity index (χ1v) is 10.1. The molecule has 0 spiro atoms. The fourth-order valence-corrected chi connectivity index (χ4v) is 4.03. The zero-order valence-corrected chi connectivity index (χ0v) is 17.7. The van der Waals surface area contributed by atoms with Crippen molar-refractivity contribution in [2.24, 2.45) is 0 Å². The molecule has 1 N–H and O–H groups in total. The lowest BCUT2D eigenvalue weighted by atomic mass is 10.0. The van der Waals surface area contributed by atoms with Gasteiger partial charge in [-0.05, 0) is 44.5 Å². The summed E-state index contributed by atoms with van der Waals surface area (Å²) in [6, 6.07) is 13.1. The molecule has 0 fully saturated rings. The Bertz CT molecular complexity index is 1050. The van der Waals surface area contributed by atoms with Gasteiger partial charge in [0.05, 0.1) is 13.7 Å². The fourth-order valence-electron chi connectivity index (χ4n) is 3.08. The van der Waals surface area contributed by atoms with Gasteiger partial charge >= 0.3 is 5.97 Å². The number of carbonyl (C=O) groups excluding carboxylic acids is 2. The predicted octanol–water partition coefficient (Wildman–Crippen LogP) is 5.47. The molecule has 6 heteroatoms. The van der Waals surface area contributed by atoms with E-state index < -0.39 is 5.97 Å². The highest BCUT2D eigenvalue weighted by atomic mass is 32.1. The summed E-state index contributed by atoms with van der Waals surface area (Å²) in [7, 11) is 1.59. The average molecular weight is 410 g/mol. The van der Waals surface area contributed by atoms with Crippen LogP contribution in [-0.2, 0) is 4.74 Å². The van der Waals surface area contributed by atoms with Crippen LogP contribution in [0.5, 0.6) is 5.75 Å². The molecule has 1 amide bonds. The number of benzene rings is 2. The zero-order valence-electron chi connectivity index (χ0n) is 16.9. The maximum atomic E-state index is 12.8. The summed E-state index contributed by atoms with van der Waals surface area (Å²) in [4.78, 5) is 25.6. The van der Waals surface area contributed by atoms with E-state index in [4.69, 9.17) is 9.47 Å². The van der Waals surface area contributed by atoms with Crippen molar-refractivity contribution in [3.8, 4) is 16.9 Å². The Labute approximate surface area is 174 Å². The molecule has 3 rings (SSSR count). The van der Waals surface area contributed by atoms with Gasteiger partial charge in [0.15, 0.2) is 0 Å². The number of ether oxygens (including phenoxy) is 2. The van der Waals surface area contributed by atoms with Crippen LogP contribution in [0, 0.1) is 13.8 Å². The Kier molecular flexibility index (Phi) is 6.34. The van der Waals surface area contributed by atoms with E-state index in [0.29, 0.717) is 27.4 Å². The fraction of sp³-hybridized carbons (Fsp3) is 0.217. The monoisotopic (exact) mass is 409 g/mol. The number of rotatable bonds is 6. The third-order valence-electron chi connectivity index (χ3n) is 4.53. The number of esters is 1. The molecule has 0 saturated heterocycles. The minimum atomic E-state index is -0.479. The van der Waals surface area contributed by atoms with Crippen molar-refractivity contribution in [1.82, 2.24) is 0 Å². The minimum absolute atomic E-state index is 0.240. The second-order valence-electron chi connectivity index (χ2n) is 6.55. The van der Waals surface area contributed by atoms with E-state index in [1.54, 1.807) is 20.1 Å². The van der Waals surface area contributed by atoms with E-state index in [9.17, 15) is 9.59 Å². The normalized spacial score (nSPS) is 10.5. The molecule has 3 aromatic rings. The van der Waals surface area contributed by atoms with Crippen LogP contribution in [0.1, 0.15) is 38.8 Å². The summed E-state index contributed by atoms with van der Waals surface area (Å²) < 4.78 is 10.8. The first-order valence-electron chi connectivity index (χ1n) is 9.26. The lowest BCUT2D eigenvalue weighted by Gasteiger charge is -2.12. The van der Waals surface area contributed by atoms with Gasteiger partial charge in [-0.15, -0.1) is 11.3 Å². The van der Waals surface area contributed by atoms with Crippen LogP contribution in [0.25, 0.3) is 11.1 Å². The molecule has 0 aliphatic heterocycles. The summed E-state index contributed by atoms with van der Waals surface area (Å²) in [6.45, 7) is 5.84. The van der Waals surface area contributed by atoms with E-state index in [0.717, 1.165) is 16.7 Å². The molecule has 5 nitrogen and oxygen atoms in total. The van der Waals surface area contributed by atoms with Gasteiger partial charge < -0.3 is 14.8 Å². The molecule has 0 bridgehead atoms. The number of carbonyl (C=O) groups is 2. The number of aryl methyl sites for hydroxylation is 2. The maximum Gasteiger partial charge on any atom is 0.341 e. The highest BCUT2D eigenvalue weighted by Crippen LogP contribution is 2.40. The number of amides is 1. The van der Waals surface area contributed by atoms with E-state index in [1.807, 2.05) is 55.6 Å². The second-order valence-corrected chi connectivity index (χ2v) is 7.43. The van der Waals surface area contributed by atoms with Crippen molar-refractivity contribution in [2.75, 3.05) is 19.0 Å². The Morgan fingerprint density at radius 1 is 1.07 bits per heavy atom. The first kappa shape index (κ1) is 20.6. The highest BCUT2D eigenvalue weighted by molar-refractivity contribution is 7.15. The summed E-state index contributed by atoms with van der Waals surface area (Å²) in [5, 5.41) is 5.19. The molecule has 0 radical (unpaired) electrons. The van der Waals surface area contributed by atoms with Crippen molar-refractivity contribution in [3.63, 3.8) is 0 Å². The van der Waals surface area contributed by atoms with Gasteiger partial charge in [0.1, 0.15) is 16.3 Å². The number of nitrogens with one attached hydrogen (secondary N) is 1. The lowest BCUT2D eigenvalue weighted by Crippen LogP contribution is -2.15.